The van der Waals surface area contributed by atoms with E-state index in [9.17, 15) is 9.59 Å². The minimum atomic E-state index is -0.0758. The van der Waals surface area contributed by atoms with E-state index in [1.165, 1.54) is 11.3 Å². The molecule has 2 rings (SSSR count). The van der Waals surface area contributed by atoms with Crippen LogP contribution in [0.2, 0.25) is 4.34 Å². The van der Waals surface area contributed by atoms with Gasteiger partial charge in [0.15, 0.2) is 0 Å². The van der Waals surface area contributed by atoms with Gasteiger partial charge in [0.2, 0.25) is 5.91 Å². The van der Waals surface area contributed by atoms with Gasteiger partial charge in [0, 0.05) is 26.1 Å². The van der Waals surface area contributed by atoms with Crippen molar-refractivity contribution >= 4 is 34.8 Å². The quantitative estimate of drug-likeness (QED) is 0.905. The number of likely N-dealkylation sites (tertiary alicyclic amines) is 1. The van der Waals surface area contributed by atoms with Crippen LogP contribution < -0.4 is 5.32 Å². The lowest BCUT2D eigenvalue weighted by Gasteiger charge is -2.31. The van der Waals surface area contributed by atoms with E-state index in [-0.39, 0.29) is 17.9 Å². The third-order valence-corrected chi connectivity index (χ3v) is 4.30. The van der Waals surface area contributed by atoms with Crippen LogP contribution in [0.5, 0.6) is 0 Å². The first kappa shape index (κ1) is 13.4. The number of amides is 2. The fourth-order valence-corrected chi connectivity index (χ4v) is 2.98. The molecule has 98 valence electrons. The van der Waals surface area contributed by atoms with Gasteiger partial charge in [-0.1, -0.05) is 11.6 Å². The summed E-state index contributed by atoms with van der Waals surface area (Å²) >= 11 is 7.07. The average molecular weight is 287 g/mol. The highest BCUT2D eigenvalue weighted by molar-refractivity contribution is 7.17. The molecule has 1 N–H and O–H groups in total. The van der Waals surface area contributed by atoms with Gasteiger partial charge >= 0.3 is 0 Å². The van der Waals surface area contributed by atoms with Gasteiger partial charge in [0.05, 0.1) is 9.21 Å². The van der Waals surface area contributed by atoms with Crippen molar-refractivity contribution in [2.75, 3.05) is 13.1 Å². The maximum Gasteiger partial charge on any atom is 0.261 e. The summed E-state index contributed by atoms with van der Waals surface area (Å²) < 4.78 is 0.617. The second-order valence-electron chi connectivity index (χ2n) is 4.36. The number of rotatable bonds is 2. The normalized spacial score (nSPS) is 16.7. The van der Waals surface area contributed by atoms with Crippen LogP contribution in [0.15, 0.2) is 12.1 Å². The highest BCUT2D eigenvalue weighted by atomic mass is 35.5. The van der Waals surface area contributed by atoms with Gasteiger partial charge in [-0.2, -0.15) is 0 Å². The molecule has 0 atom stereocenters. The van der Waals surface area contributed by atoms with Crippen molar-refractivity contribution in [1.29, 1.82) is 0 Å². The fraction of sp³-hybridized carbons (Fsp3) is 0.500. The Balaban J connectivity index is 1.85. The van der Waals surface area contributed by atoms with Crippen LogP contribution in [-0.2, 0) is 4.79 Å². The molecule has 18 heavy (non-hydrogen) atoms. The number of halogens is 1. The Bertz CT molecular complexity index is 453. The standard InChI is InChI=1S/C12H15ClN2O2S/c1-8(16)15-6-4-9(5-7-15)14-12(17)10-2-3-11(13)18-10/h2-3,9H,4-7H2,1H3,(H,14,17). The number of nitrogens with zero attached hydrogens (tertiary/aromatic N) is 1. The van der Waals surface area contributed by atoms with Crippen molar-refractivity contribution in [2.24, 2.45) is 0 Å². The van der Waals surface area contributed by atoms with E-state index in [4.69, 9.17) is 11.6 Å². The van der Waals surface area contributed by atoms with Crippen LogP contribution in [0.3, 0.4) is 0 Å². The lowest BCUT2D eigenvalue weighted by Crippen LogP contribution is -2.45. The molecule has 1 aliphatic rings. The van der Waals surface area contributed by atoms with Crippen LogP contribution in [0.4, 0.5) is 0 Å². The molecule has 1 aromatic heterocycles. The van der Waals surface area contributed by atoms with Gasteiger partial charge in [-0.15, -0.1) is 11.3 Å². The number of piperidine rings is 1. The van der Waals surface area contributed by atoms with Crippen LogP contribution in [-0.4, -0.2) is 35.8 Å². The largest absolute Gasteiger partial charge is 0.348 e. The van der Waals surface area contributed by atoms with Crippen molar-refractivity contribution in [3.8, 4) is 0 Å². The first-order valence-corrected chi connectivity index (χ1v) is 7.07. The van der Waals surface area contributed by atoms with Crippen molar-refractivity contribution in [1.82, 2.24) is 10.2 Å². The van der Waals surface area contributed by atoms with Crippen LogP contribution in [0, 0.1) is 0 Å². The van der Waals surface area contributed by atoms with E-state index in [1.54, 1.807) is 19.1 Å². The highest BCUT2D eigenvalue weighted by Crippen LogP contribution is 2.21. The van der Waals surface area contributed by atoms with E-state index in [0.717, 1.165) is 12.8 Å². The van der Waals surface area contributed by atoms with Crippen LogP contribution in [0.25, 0.3) is 0 Å². The Kier molecular flexibility index (Phi) is 4.24. The molecule has 0 saturated carbocycles. The Morgan fingerprint density at radius 2 is 2.06 bits per heavy atom. The third kappa shape index (κ3) is 3.23. The predicted molar refractivity (Wildman–Crippen MR) is 72.1 cm³/mol. The second-order valence-corrected chi connectivity index (χ2v) is 6.07. The van der Waals surface area contributed by atoms with E-state index >= 15 is 0 Å². The van der Waals surface area contributed by atoms with Gasteiger partial charge in [-0.05, 0) is 25.0 Å². The molecule has 0 bridgehead atoms. The monoisotopic (exact) mass is 286 g/mol. The van der Waals surface area contributed by atoms with Gasteiger partial charge in [0.25, 0.3) is 5.91 Å². The zero-order valence-electron chi connectivity index (χ0n) is 10.1. The molecule has 1 aliphatic heterocycles. The summed E-state index contributed by atoms with van der Waals surface area (Å²) in [7, 11) is 0. The summed E-state index contributed by atoms with van der Waals surface area (Å²) in [6.07, 6.45) is 1.62. The summed E-state index contributed by atoms with van der Waals surface area (Å²) in [5.74, 6) is 0.0259. The molecule has 2 heterocycles. The van der Waals surface area contributed by atoms with E-state index in [0.29, 0.717) is 22.3 Å². The molecule has 1 saturated heterocycles. The molecule has 4 nitrogen and oxygen atoms in total. The summed E-state index contributed by atoms with van der Waals surface area (Å²) in [4.78, 5) is 25.5. The lowest BCUT2D eigenvalue weighted by atomic mass is 10.0. The SMILES string of the molecule is CC(=O)N1CCC(NC(=O)c2ccc(Cl)s2)CC1. The lowest BCUT2D eigenvalue weighted by molar-refractivity contribution is -0.129. The Morgan fingerprint density at radius 1 is 1.39 bits per heavy atom. The molecule has 0 spiro atoms. The van der Waals surface area contributed by atoms with E-state index in [2.05, 4.69) is 5.32 Å². The zero-order chi connectivity index (χ0) is 13.1. The number of thiophene rings is 1. The summed E-state index contributed by atoms with van der Waals surface area (Å²) in [5.41, 5.74) is 0. The van der Waals surface area contributed by atoms with Gasteiger partial charge in [0.1, 0.15) is 0 Å². The first-order chi connectivity index (χ1) is 8.56. The molecule has 1 aromatic rings. The van der Waals surface area contributed by atoms with Crippen LogP contribution in [0.1, 0.15) is 29.4 Å². The molecule has 1 fully saturated rings. The topological polar surface area (TPSA) is 49.4 Å². The van der Waals surface area contributed by atoms with Crippen molar-refractivity contribution in [3.63, 3.8) is 0 Å². The fourth-order valence-electron chi connectivity index (χ4n) is 2.03. The van der Waals surface area contributed by atoms with Crippen molar-refractivity contribution in [3.05, 3.63) is 21.3 Å². The Labute approximate surface area is 115 Å². The van der Waals surface area contributed by atoms with Gasteiger partial charge < -0.3 is 10.2 Å². The summed E-state index contributed by atoms with van der Waals surface area (Å²) in [5, 5.41) is 2.98. The minimum Gasteiger partial charge on any atom is -0.348 e. The number of hydrogen-bond acceptors (Lipinski definition) is 3. The molecular formula is C12H15ClN2O2S. The zero-order valence-corrected chi connectivity index (χ0v) is 11.7. The van der Waals surface area contributed by atoms with E-state index < -0.39 is 0 Å². The maximum absolute atomic E-state index is 11.9. The molecular weight excluding hydrogens is 272 g/mol. The summed E-state index contributed by atoms with van der Waals surface area (Å²) in [6.45, 7) is 3.00. The van der Waals surface area contributed by atoms with Crippen molar-refractivity contribution in [2.45, 2.75) is 25.8 Å². The predicted octanol–water partition coefficient (Wildman–Crippen LogP) is 2.14. The number of carbonyl (C=O) groups is 2. The number of nitrogens with one attached hydrogen (secondary N) is 1. The Hall–Kier alpha value is -1.07. The molecule has 0 unspecified atom stereocenters. The average Bonchev–Trinajstić information content (AvgIpc) is 2.76. The maximum atomic E-state index is 11.9. The highest BCUT2D eigenvalue weighted by Gasteiger charge is 2.22. The van der Waals surface area contributed by atoms with E-state index in [1.807, 2.05) is 4.90 Å². The number of carbonyl (C=O) groups excluding carboxylic acids is 2. The molecule has 0 radical (unpaired) electrons. The first-order valence-electron chi connectivity index (χ1n) is 5.88. The second kappa shape index (κ2) is 5.71. The smallest absolute Gasteiger partial charge is 0.261 e. The number of hydrogen-bond donors (Lipinski definition) is 1. The third-order valence-electron chi connectivity index (χ3n) is 3.07. The summed E-state index contributed by atoms with van der Waals surface area (Å²) in [6, 6.07) is 3.60. The van der Waals surface area contributed by atoms with Gasteiger partial charge in [-0.3, -0.25) is 9.59 Å². The minimum absolute atomic E-state index is 0.0758. The van der Waals surface area contributed by atoms with Crippen LogP contribution >= 0.6 is 22.9 Å². The molecule has 0 aliphatic carbocycles. The molecule has 0 aromatic carbocycles. The Morgan fingerprint density at radius 3 is 2.56 bits per heavy atom. The van der Waals surface area contributed by atoms with Gasteiger partial charge in [-0.25, -0.2) is 0 Å². The molecule has 2 amide bonds. The van der Waals surface area contributed by atoms with Crippen molar-refractivity contribution < 1.29 is 9.59 Å². The molecule has 6 heteroatoms.